The number of tetrazole rings is 1. The molecule has 1 aliphatic rings. The first kappa shape index (κ1) is 31.7. The molecule has 1 fully saturated rings. The predicted molar refractivity (Wildman–Crippen MR) is 166 cm³/mol. The van der Waals surface area contributed by atoms with Gasteiger partial charge in [0, 0.05) is 23.2 Å². The lowest BCUT2D eigenvalue weighted by Gasteiger charge is -2.32. The van der Waals surface area contributed by atoms with Crippen LogP contribution in [-0.4, -0.2) is 56.6 Å². The largest absolute Gasteiger partial charge is 0.478 e. The molecule has 5 N–H and O–H groups in total. The first-order valence-electron chi connectivity index (χ1n) is 14.3. The molecule has 0 unspecified atom stereocenters. The number of imide groups is 1. The van der Waals surface area contributed by atoms with E-state index in [1.807, 2.05) is 43.3 Å². The van der Waals surface area contributed by atoms with E-state index in [1.54, 1.807) is 30.5 Å². The van der Waals surface area contributed by atoms with Crippen LogP contribution in [0.15, 0.2) is 66.9 Å². The van der Waals surface area contributed by atoms with Gasteiger partial charge in [0.25, 0.3) is 5.91 Å². The Morgan fingerprint density at radius 3 is 2.35 bits per heavy atom. The van der Waals surface area contributed by atoms with Gasteiger partial charge in [0.15, 0.2) is 0 Å². The Kier molecular flexibility index (Phi) is 10.9. The van der Waals surface area contributed by atoms with Gasteiger partial charge in [-0.15, -0.1) is 22.6 Å². The number of rotatable bonds is 10. The average Bonchev–Trinajstić information content (AvgIpc) is 3.58. The van der Waals surface area contributed by atoms with Gasteiger partial charge in [0.1, 0.15) is 0 Å². The number of aromatic nitrogens is 5. The number of carbonyl (C=O) groups excluding carboxylic acids is 2. The molecule has 1 aliphatic carbocycles. The van der Waals surface area contributed by atoms with Gasteiger partial charge in [-0.05, 0) is 104 Å². The lowest BCUT2D eigenvalue weighted by Crippen LogP contribution is -2.50. The number of nitrogens with zero attached hydrogens (tertiary/aromatic N) is 5. The van der Waals surface area contributed by atoms with E-state index >= 15 is 0 Å². The van der Waals surface area contributed by atoms with Gasteiger partial charge in [0.2, 0.25) is 17.6 Å². The van der Waals surface area contributed by atoms with Crippen molar-refractivity contribution in [1.82, 2.24) is 25.6 Å². The minimum absolute atomic E-state index is 0. The fourth-order valence-electron chi connectivity index (χ4n) is 5.42. The van der Waals surface area contributed by atoms with Gasteiger partial charge in [-0.2, -0.15) is 5.21 Å². The Hall–Kier alpha value is -4.19. The highest BCUT2D eigenvalue weighted by molar-refractivity contribution is 6.17. The summed E-state index contributed by atoms with van der Waals surface area (Å²) in [6.07, 6.45) is 5.09. The van der Waals surface area contributed by atoms with E-state index in [0.29, 0.717) is 54.9 Å². The summed E-state index contributed by atoms with van der Waals surface area (Å²) in [6, 6.07) is 17.7. The number of pyridine rings is 1. The van der Waals surface area contributed by atoms with Gasteiger partial charge in [-0.1, -0.05) is 24.3 Å². The van der Waals surface area contributed by atoms with Crippen LogP contribution in [0.3, 0.4) is 0 Å². The van der Waals surface area contributed by atoms with Crippen LogP contribution in [0.5, 0.6) is 5.88 Å². The molecule has 11 nitrogen and oxygen atoms in total. The molecule has 0 radical (unpaired) electrons. The number of nitrogens with two attached hydrogens (primary N) is 2. The summed E-state index contributed by atoms with van der Waals surface area (Å²) in [5.41, 5.74) is 16.2. The van der Waals surface area contributed by atoms with E-state index in [9.17, 15) is 9.59 Å². The lowest BCUT2D eigenvalue weighted by molar-refractivity contribution is -0.130. The van der Waals surface area contributed by atoms with Crippen molar-refractivity contribution < 1.29 is 14.3 Å². The second kappa shape index (κ2) is 14.8. The molecule has 43 heavy (non-hydrogen) atoms. The average molecular weight is 605 g/mol. The van der Waals surface area contributed by atoms with Crippen LogP contribution in [-0.2, 0) is 16.0 Å². The number of H-pyrrole nitrogens is 1. The number of aromatic amines is 1. The Labute approximate surface area is 256 Å². The number of amides is 2. The van der Waals surface area contributed by atoms with Crippen LogP contribution in [0.4, 0.5) is 5.69 Å². The molecule has 12 heteroatoms. The Morgan fingerprint density at radius 2 is 1.72 bits per heavy atom. The highest BCUT2D eigenvalue weighted by Crippen LogP contribution is 2.32. The molecule has 2 amide bonds. The summed E-state index contributed by atoms with van der Waals surface area (Å²) in [5, 5.41) is 14.0. The summed E-state index contributed by atoms with van der Waals surface area (Å²) in [4.78, 5) is 33.3. The van der Waals surface area contributed by atoms with Crippen LogP contribution < -0.4 is 21.1 Å². The molecule has 1 saturated carbocycles. The number of nitrogens with one attached hydrogen (secondary N) is 1. The molecule has 4 aromatic rings. The normalized spacial score (nSPS) is 17.0. The van der Waals surface area contributed by atoms with Crippen LogP contribution in [0.25, 0.3) is 22.5 Å². The van der Waals surface area contributed by atoms with Crippen LogP contribution in [0, 0.1) is 11.8 Å². The molecule has 2 heterocycles. The predicted octanol–water partition coefficient (Wildman–Crippen LogP) is 3.94. The van der Waals surface area contributed by atoms with Crippen molar-refractivity contribution in [3.05, 3.63) is 72.4 Å². The second-order valence-electron chi connectivity index (χ2n) is 10.5. The molecule has 5 rings (SSSR count). The summed E-state index contributed by atoms with van der Waals surface area (Å²) in [5.74, 6) is 0.468. The number of halogens is 1. The lowest BCUT2D eigenvalue weighted by atomic mass is 9.81. The third-order valence-corrected chi connectivity index (χ3v) is 7.79. The van der Waals surface area contributed by atoms with Crippen molar-refractivity contribution in [2.24, 2.45) is 23.3 Å². The standard InChI is InChI=1S/C31H36N8O3.ClH/c1-2-42-29-26(4-3-17-34-29)22-9-5-20(6-10-22)18-27(33)31(41)39(30(40)24-11-7-21(19-32)8-12-24)25-15-13-23(14-16-25)28-35-37-38-36-28;/h3-6,9-10,13-17,21,24,27H,2,7-8,11-12,18-19,32-33H2,1H3,(H,35,36,37,38);1H/t21-,24-,27-;/m0./s1. The molecule has 0 aliphatic heterocycles. The molecule has 0 spiro atoms. The van der Waals surface area contributed by atoms with E-state index in [1.165, 1.54) is 4.90 Å². The highest BCUT2D eigenvalue weighted by Gasteiger charge is 2.35. The van der Waals surface area contributed by atoms with Gasteiger partial charge in [-0.3, -0.25) is 9.59 Å². The number of hydrogen-bond acceptors (Lipinski definition) is 9. The van der Waals surface area contributed by atoms with E-state index in [0.717, 1.165) is 29.5 Å². The molecular formula is C31H37ClN8O3. The Bertz CT molecular complexity index is 1470. The minimum atomic E-state index is -0.922. The minimum Gasteiger partial charge on any atom is -0.478 e. The number of carbonyl (C=O) groups is 2. The molecular weight excluding hydrogens is 568 g/mol. The quantitative estimate of drug-likeness (QED) is 0.243. The smallest absolute Gasteiger partial charge is 0.251 e. The monoisotopic (exact) mass is 604 g/mol. The molecule has 2 aromatic heterocycles. The van der Waals surface area contributed by atoms with Crippen molar-refractivity contribution in [2.45, 2.75) is 45.1 Å². The van der Waals surface area contributed by atoms with Crippen molar-refractivity contribution in [1.29, 1.82) is 0 Å². The summed E-state index contributed by atoms with van der Waals surface area (Å²) >= 11 is 0. The van der Waals surface area contributed by atoms with Crippen LogP contribution in [0.2, 0.25) is 0 Å². The fraction of sp³-hybridized carbons (Fsp3) is 0.355. The summed E-state index contributed by atoms with van der Waals surface area (Å²) < 4.78 is 5.67. The first-order valence-corrected chi connectivity index (χ1v) is 14.3. The van der Waals surface area contributed by atoms with Gasteiger partial charge >= 0.3 is 0 Å². The van der Waals surface area contributed by atoms with Gasteiger partial charge in [0.05, 0.1) is 18.3 Å². The van der Waals surface area contributed by atoms with E-state index < -0.39 is 11.9 Å². The fourth-order valence-corrected chi connectivity index (χ4v) is 5.42. The summed E-state index contributed by atoms with van der Waals surface area (Å²) in [7, 11) is 0. The molecule has 2 aromatic carbocycles. The zero-order chi connectivity index (χ0) is 29.5. The number of hydrogen-bond donors (Lipinski definition) is 3. The van der Waals surface area contributed by atoms with Gasteiger partial charge in [-0.25, -0.2) is 9.88 Å². The maximum atomic E-state index is 13.9. The zero-order valence-electron chi connectivity index (χ0n) is 24.1. The molecule has 0 bridgehead atoms. The molecule has 0 saturated heterocycles. The Balaban J connectivity index is 0.00000423. The van der Waals surface area contributed by atoms with Gasteiger partial charge < -0.3 is 16.2 Å². The third kappa shape index (κ3) is 7.42. The number of ether oxygens (including phenoxy) is 1. The van der Waals surface area contributed by atoms with Crippen LogP contribution >= 0.6 is 12.4 Å². The zero-order valence-corrected chi connectivity index (χ0v) is 24.9. The highest BCUT2D eigenvalue weighted by atomic mass is 35.5. The number of anilines is 1. The second-order valence-corrected chi connectivity index (χ2v) is 10.5. The van der Waals surface area contributed by atoms with Crippen molar-refractivity contribution in [2.75, 3.05) is 18.1 Å². The van der Waals surface area contributed by atoms with Crippen LogP contribution in [0.1, 0.15) is 38.2 Å². The summed E-state index contributed by atoms with van der Waals surface area (Å²) in [6.45, 7) is 3.04. The SMILES string of the molecule is CCOc1ncccc1-c1ccc(C[C@H](N)C(=O)N(c2ccc(-c3nn[nH]n3)cc2)C(=O)[C@H]2CC[C@H](CN)CC2)cc1.Cl. The molecule has 226 valence electrons. The van der Waals surface area contributed by atoms with Crippen molar-refractivity contribution in [3.8, 4) is 28.4 Å². The van der Waals surface area contributed by atoms with E-state index in [-0.39, 0.29) is 30.7 Å². The third-order valence-electron chi connectivity index (χ3n) is 7.79. The maximum absolute atomic E-state index is 13.9. The Morgan fingerprint density at radius 1 is 1.02 bits per heavy atom. The number of benzene rings is 2. The van der Waals surface area contributed by atoms with Crippen molar-refractivity contribution in [3.63, 3.8) is 0 Å². The van der Waals surface area contributed by atoms with E-state index in [2.05, 4.69) is 25.6 Å². The van der Waals surface area contributed by atoms with E-state index in [4.69, 9.17) is 16.2 Å². The topological polar surface area (TPSA) is 166 Å². The first-order chi connectivity index (χ1) is 20.5. The maximum Gasteiger partial charge on any atom is 0.251 e. The van der Waals surface area contributed by atoms with Crippen molar-refractivity contribution >= 4 is 29.9 Å². The molecule has 1 atom stereocenters.